The topological polar surface area (TPSA) is 70.6 Å². The van der Waals surface area contributed by atoms with Crippen LogP contribution in [0.25, 0.3) is 0 Å². The first-order valence-corrected chi connectivity index (χ1v) is 7.53. The molecule has 0 radical (unpaired) electrons. The average molecular weight is 326 g/mol. The minimum atomic E-state index is -0.880. The number of hydrogen-bond acceptors (Lipinski definition) is 3. The maximum Gasteiger partial charge on any atom is 0.329 e. The van der Waals surface area contributed by atoms with Crippen molar-refractivity contribution in [2.24, 2.45) is 5.10 Å². The van der Waals surface area contributed by atoms with Crippen molar-refractivity contribution in [2.45, 2.75) is 38.1 Å². The van der Waals surface area contributed by atoms with Gasteiger partial charge < -0.3 is 5.32 Å². The molecule has 0 spiro atoms. The highest BCUT2D eigenvalue weighted by molar-refractivity contribution is 6.35. The fraction of sp³-hybridized carbons (Fsp3) is 0.400. The van der Waals surface area contributed by atoms with Crippen molar-refractivity contribution in [3.63, 3.8) is 0 Å². The van der Waals surface area contributed by atoms with Crippen molar-refractivity contribution in [1.82, 2.24) is 10.7 Å². The van der Waals surface area contributed by atoms with Crippen LogP contribution in [0.4, 0.5) is 4.39 Å². The SMILES string of the molecule is O=C(N/N=C\c1c(F)cccc1Cl)C(=O)NC1CCCCC1. The van der Waals surface area contributed by atoms with Gasteiger partial charge in [0.05, 0.1) is 11.2 Å². The van der Waals surface area contributed by atoms with E-state index in [1.54, 1.807) is 0 Å². The molecular formula is C15H17ClFN3O2. The molecule has 0 bridgehead atoms. The zero-order chi connectivity index (χ0) is 15.9. The molecule has 1 aliphatic rings. The highest BCUT2D eigenvalue weighted by Gasteiger charge is 2.19. The molecule has 0 heterocycles. The van der Waals surface area contributed by atoms with Crippen LogP contribution in [-0.4, -0.2) is 24.1 Å². The van der Waals surface area contributed by atoms with Crippen molar-refractivity contribution in [3.8, 4) is 0 Å². The summed E-state index contributed by atoms with van der Waals surface area (Å²) in [5.41, 5.74) is 2.12. The van der Waals surface area contributed by atoms with E-state index in [1.165, 1.54) is 18.2 Å². The van der Waals surface area contributed by atoms with Gasteiger partial charge in [0.15, 0.2) is 0 Å². The maximum absolute atomic E-state index is 13.5. The van der Waals surface area contributed by atoms with E-state index in [2.05, 4.69) is 15.8 Å². The zero-order valence-electron chi connectivity index (χ0n) is 11.9. The van der Waals surface area contributed by atoms with Crippen LogP contribution in [0.5, 0.6) is 0 Å². The Bertz CT molecular complexity index is 566. The summed E-state index contributed by atoms with van der Waals surface area (Å²) in [6, 6.07) is 4.23. The van der Waals surface area contributed by atoms with Gasteiger partial charge in [-0.25, -0.2) is 9.82 Å². The lowest BCUT2D eigenvalue weighted by Crippen LogP contribution is -2.44. The molecule has 0 aromatic heterocycles. The monoisotopic (exact) mass is 325 g/mol. The Hall–Kier alpha value is -1.95. The summed E-state index contributed by atoms with van der Waals surface area (Å²) in [6.07, 6.45) is 6.10. The first kappa shape index (κ1) is 16.4. The molecule has 0 unspecified atom stereocenters. The number of halogens is 2. The van der Waals surface area contributed by atoms with E-state index in [-0.39, 0.29) is 16.6 Å². The van der Waals surface area contributed by atoms with Crippen LogP contribution in [0.3, 0.4) is 0 Å². The molecule has 0 saturated heterocycles. The Morgan fingerprint density at radius 1 is 1.23 bits per heavy atom. The van der Waals surface area contributed by atoms with Gasteiger partial charge in [0.2, 0.25) is 0 Å². The van der Waals surface area contributed by atoms with E-state index in [9.17, 15) is 14.0 Å². The summed E-state index contributed by atoms with van der Waals surface area (Å²) < 4.78 is 13.5. The van der Waals surface area contributed by atoms with Crippen molar-refractivity contribution in [1.29, 1.82) is 0 Å². The third-order valence-electron chi connectivity index (χ3n) is 3.51. The van der Waals surface area contributed by atoms with Crippen LogP contribution < -0.4 is 10.7 Å². The highest BCUT2D eigenvalue weighted by atomic mass is 35.5. The van der Waals surface area contributed by atoms with Gasteiger partial charge in [-0.2, -0.15) is 5.10 Å². The van der Waals surface area contributed by atoms with Crippen molar-refractivity contribution >= 4 is 29.6 Å². The normalized spacial score (nSPS) is 15.7. The summed E-state index contributed by atoms with van der Waals surface area (Å²) in [7, 11) is 0. The molecule has 7 heteroatoms. The van der Waals surface area contributed by atoms with Gasteiger partial charge in [-0.05, 0) is 25.0 Å². The first-order chi connectivity index (χ1) is 10.6. The summed E-state index contributed by atoms with van der Waals surface area (Å²) in [5, 5.41) is 6.40. The number of carbonyl (C=O) groups excluding carboxylic acids is 2. The molecule has 1 fully saturated rings. The second kappa shape index (κ2) is 7.89. The number of carbonyl (C=O) groups is 2. The van der Waals surface area contributed by atoms with Crippen molar-refractivity contribution < 1.29 is 14.0 Å². The fourth-order valence-corrected chi connectivity index (χ4v) is 2.55. The number of hydrazone groups is 1. The van der Waals surface area contributed by atoms with Crippen LogP contribution >= 0.6 is 11.6 Å². The van der Waals surface area contributed by atoms with Gasteiger partial charge >= 0.3 is 11.8 Å². The second-order valence-corrected chi connectivity index (χ2v) is 5.55. The Labute approximate surface area is 132 Å². The Balaban J connectivity index is 1.86. The third-order valence-corrected chi connectivity index (χ3v) is 3.84. The number of amides is 2. The summed E-state index contributed by atoms with van der Waals surface area (Å²) in [4.78, 5) is 23.3. The van der Waals surface area contributed by atoms with Crippen LogP contribution in [0, 0.1) is 5.82 Å². The minimum Gasteiger partial charge on any atom is -0.345 e. The van der Waals surface area contributed by atoms with E-state index in [4.69, 9.17) is 11.6 Å². The molecule has 1 aromatic rings. The standard InChI is InChI=1S/C15H17ClFN3O2/c16-12-7-4-8-13(17)11(12)9-18-20-15(22)14(21)19-10-5-2-1-3-6-10/h4,7-10H,1-3,5-6H2,(H,19,21)(H,20,22)/b18-9-. The van der Waals surface area contributed by atoms with E-state index >= 15 is 0 Å². The number of nitrogens with one attached hydrogen (secondary N) is 2. The van der Waals surface area contributed by atoms with Gasteiger partial charge in [-0.1, -0.05) is 36.9 Å². The van der Waals surface area contributed by atoms with Crippen molar-refractivity contribution in [2.75, 3.05) is 0 Å². The van der Waals surface area contributed by atoms with E-state index in [0.717, 1.165) is 38.3 Å². The van der Waals surface area contributed by atoms with Crippen LogP contribution in [0.1, 0.15) is 37.7 Å². The molecule has 2 rings (SSSR count). The molecular weight excluding hydrogens is 309 g/mol. The molecule has 1 saturated carbocycles. The lowest BCUT2D eigenvalue weighted by atomic mass is 9.95. The van der Waals surface area contributed by atoms with Gasteiger partial charge in [-0.15, -0.1) is 0 Å². The minimum absolute atomic E-state index is 0.0389. The van der Waals surface area contributed by atoms with Crippen LogP contribution in [-0.2, 0) is 9.59 Å². The molecule has 22 heavy (non-hydrogen) atoms. The lowest BCUT2D eigenvalue weighted by Gasteiger charge is -2.22. The van der Waals surface area contributed by atoms with E-state index in [0.29, 0.717) is 0 Å². The van der Waals surface area contributed by atoms with E-state index < -0.39 is 17.6 Å². The smallest absolute Gasteiger partial charge is 0.329 e. The highest BCUT2D eigenvalue weighted by Crippen LogP contribution is 2.17. The first-order valence-electron chi connectivity index (χ1n) is 7.16. The number of benzene rings is 1. The predicted octanol–water partition coefficient (Wildman–Crippen LogP) is 2.38. The molecule has 1 aliphatic carbocycles. The summed E-state index contributed by atoms with van der Waals surface area (Å²) >= 11 is 5.81. The van der Waals surface area contributed by atoms with Crippen molar-refractivity contribution in [3.05, 3.63) is 34.6 Å². The Kier molecular flexibility index (Phi) is 5.89. The lowest BCUT2D eigenvalue weighted by molar-refractivity contribution is -0.139. The summed E-state index contributed by atoms with van der Waals surface area (Å²) in [6.45, 7) is 0. The molecule has 118 valence electrons. The van der Waals surface area contributed by atoms with Gasteiger partial charge in [0, 0.05) is 11.6 Å². The maximum atomic E-state index is 13.5. The third kappa shape index (κ3) is 4.53. The molecule has 5 nitrogen and oxygen atoms in total. The van der Waals surface area contributed by atoms with E-state index in [1.807, 2.05) is 0 Å². The largest absolute Gasteiger partial charge is 0.345 e. The molecule has 1 aromatic carbocycles. The summed E-state index contributed by atoms with van der Waals surface area (Å²) in [5.74, 6) is -2.17. The Morgan fingerprint density at radius 3 is 2.64 bits per heavy atom. The quantitative estimate of drug-likeness (QED) is 0.509. The molecule has 2 N–H and O–H groups in total. The van der Waals surface area contributed by atoms with Crippen LogP contribution in [0.2, 0.25) is 5.02 Å². The second-order valence-electron chi connectivity index (χ2n) is 5.14. The van der Waals surface area contributed by atoms with Gasteiger partial charge in [0.25, 0.3) is 0 Å². The molecule has 0 atom stereocenters. The molecule has 2 amide bonds. The number of hydrogen-bond donors (Lipinski definition) is 2. The zero-order valence-corrected chi connectivity index (χ0v) is 12.7. The number of nitrogens with zero attached hydrogens (tertiary/aromatic N) is 1. The average Bonchev–Trinajstić information content (AvgIpc) is 2.51. The van der Waals surface area contributed by atoms with Gasteiger partial charge in [0.1, 0.15) is 5.82 Å². The number of rotatable bonds is 3. The van der Waals surface area contributed by atoms with Crippen LogP contribution in [0.15, 0.2) is 23.3 Å². The Morgan fingerprint density at radius 2 is 1.95 bits per heavy atom. The fourth-order valence-electron chi connectivity index (χ4n) is 2.34. The van der Waals surface area contributed by atoms with Gasteiger partial charge in [-0.3, -0.25) is 9.59 Å². The predicted molar refractivity (Wildman–Crippen MR) is 82.2 cm³/mol. The molecule has 0 aliphatic heterocycles.